The molecule has 1 aromatic heterocycles. The van der Waals surface area contributed by atoms with Crippen LogP contribution in [0.2, 0.25) is 0 Å². The van der Waals surface area contributed by atoms with Crippen LogP contribution in [0.25, 0.3) is 11.0 Å². The fraction of sp³-hybridized carbons (Fsp3) is 0.529. The van der Waals surface area contributed by atoms with E-state index >= 15 is 0 Å². The Kier molecular flexibility index (Phi) is 6.49. The molecule has 1 unspecified atom stereocenters. The molecule has 24 heavy (non-hydrogen) atoms. The molecule has 2 fully saturated rings. The van der Waals surface area contributed by atoms with Crippen LogP contribution in [-0.4, -0.2) is 29.0 Å². The quantitative estimate of drug-likeness (QED) is 0.772. The van der Waals surface area contributed by atoms with Gasteiger partial charge in [-0.1, -0.05) is 6.42 Å². The van der Waals surface area contributed by atoms with Crippen molar-refractivity contribution < 1.29 is 4.79 Å². The molecule has 1 saturated heterocycles. The highest BCUT2D eigenvalue weighted by Gasteiger charge is 2.23. The molecule has 0 spiro atoms. The second kappa shape index (κ2) is 8.19. The number of imidazole rings is 1. The van der Waals surface area contributed by atoms with Gasteiger partial charge in [-0.2, -0.15) is 0 Å². The molecule has 7 heteroatoms. The van der Waals surface area contributed by atoms with Crippen LogP contribution in [-0.2, 0) is 4.79 Å². The van der Waals surface area contributed by atoms with Gasteiger partial charge in [-0.3, -0.25) is 4.79 Å². The molecule has 1 aliphatic carbocycles. The zero-order valence-corrected chi connectivity index (χ0v) is 15.1. The summed E-state index contributed by atoms with van der Waals surface area (Å²) in [6.07, 6.45) is 5.81. The smallest absolute Gasteiger partial charge is 0.228 e. The average Bonchev–Trinajstić information content (AvgIpc) is 2.88. The molecule has 1 aromatic carbocycles. The molecule has 2 aliphatic rings. The molecule has 1 aliphatic heterocycles. The van der Waals surface area contributed by atoms with Crippen LogP contribution < -0.4 is 10.6 Å². The van der Waals surface area contributed by atoms with Gasteiger partial charge in [0.2, 0.25) is 5.91 Å². The molecular weight excluding hydrogens is 347 g/mol. The summed E-state index contributed by atoms with van der Waals surface area (Å²) in [6, 6.07) is 5.93. The molecule has 0 radical (unpaired) electrons. The number of benzene rings is 1. The Bertz CT molecular complexity index is 693. The van der Waals surface area contributed by atoms with E-state index in [0.717, 1.165) is 48.5 Å². The summed E-state index contributed by atoms with van der Waals surface area (Å²) in [6.45, 7) is 1.80. The van der Waals surface area contributed by atoms with Crippen molar-refractivity contribution in [2.75, 3.05) is 18.4 Å². The van der Waals surface area contributed by atoms with Crippen molar-refractivity contribution in [3.8, 4) is 0 Å². The van der Waals surface area contributed by atoms with Crippen LogP contribution in [0.15, 0.2) is 18.2 Å². The summed E-state index contributed by atoms with van der Waals surface area (Å²) in [5, 5.41) is 6.33. The number of halogens is 2. The third-order valence-electron chi connectivity index (χ3n) is 4.93. The lowest BCUT2D eigenvalue weighted by Crippen LogP contribution is -2.37. The van der Waals surface area contributed by atoms with Crippen molar-refractivity contribution >= 4 is 47.4 Å². The molecule has 3 N–H and O–H groups in total. The van der Waals surface area contributed by atoms with Crippen molar-refractivity contribution in [1.82, 2.24) is 15.3 Å². The predicted molar refractivity (Wildman–Crippen MR) is 101 cm³/mol. The SMILES string of the molecule is Cl.Cl.O=C(Nc1ccc2nc(C3CCC3)[nH]c2c1)C1CCCNC1. The monoisotopic (exact) mass is 370 g/mol. The van der Waals surface area contributed by atoms with Crippen molar-refractivity contribution in [3.05, 3.63) is 24.0 Å². The third-order valence-corrected chi connectivity index (χ3v) is 4.93. The fourth-order valence-corrected chi connectivity index (χ4v) is 3.30. The maximum Gasteiger partial charge on any atom is 0.228 e. The minimum atomic E-state index is 0. The topological polar surface area (TPSA) is 69.8 Å². The number of piperidine rings is 1. The number of aromatic nitrogens is 2. The number of anilines is 1. The highest BCUT2D eigenvalue weighted by molar-refractivity contribution is 5.94. The van der Waals surface area contributed by atoms with Gasteiger partial charge in [0.1, 0.15) is 5.82 Å². The van der Waals surface area contributed by atoms with Gasteiger partial charge in [0.25, 0.3) is 0 Å². The first-order valence-corrected chi connectivity index (χ1v) is 8.31. The van der Waals surface area contributed by atoms with Gasteiger partial charge in [0.05, 0.1) is 17.0 Å². The van der Waals surface area contributed by atoms with Crippen molar-refractivity contribution in [2.24, 2.45) is 5.92 Å². The fourth-order valence-electron chi connectivity index (χ4n) is 3.30. The van der Waals surface area contributed by atoms with Gasteiger partial charge < -0.3 is 15.6 Å². The van der Waals surface area contributed by atoms with E-state index in [9.17, 15) is 4.79 Å². The summed E-state index contributed by atoms with van der Waals surface area (Å²) in [7, 11) is 0. The van der Waals surface area contributed by atoms with Crippen molar-refractivity contribution in [1.29, 1.82) is 0 Å². The maximum atomic E-state index is 12.3. The summed E-state index contributed by atoms with van der Waals surface area (Å²) in [4.78, 5) is 20.4. The first-order chi connectivity index (χ1) is 10.8. The van der Waals surface area contributed by atoms with Crippen molar-refractivity contribution in [2.45, 2.75) is 38.0 Å². The second-order valence-electron chi connectivity index (χ2n) is 6.51. The molecule has 5 nitrogen and oxygen atoms in total. The summed E-state index contributed by atoms with van der Waals surface area (Å²) >= 11 is 0. The average molecular weight is 371 g/mol. The lowest BCUT2D eigenvalue weighted by atomic mass is 9.85. The Morgan fingerprint density at radius 1 is 1.17 bits per heavy atom. The van der Waals surface area contributed by atoms with Gasteiger partial charge in [0, 0.05) is 18.2 Å². The number of amides is 1. The van der Waals surface area contributed by atoms with Crippen LogP contribution in [0.1, 0.15) is 43.8 Å². The van der Waals surface area contributed by atoms with Crippen molar-refractivity contribution in [3.63, 3.8) is 0 Å². The number of fused-ring (bicyclic) bond motifs is 1. The van der Waals surface area contributed by atoms with Crippen LogP contribution in [0, 0.1) is 5.92 Å². The Balaban J connectivity index is 0.00000104. The molecular formula is C17H24Cl2N4O. The summed E-state index contributed by atoms with van der Waals surface area (Å²) < 4.78 is 0. The largest absolute Gasteiger partial charge is 0.342 e. The van der Waals surface area contributed by atoms with Gasteiger partial charge in [0.15, 0.2) is 0 Å². The molecule has 2 heterocycles. The second-order valence-corrected chi connectivity index (χ2v) is 6.51. The van der Waals surface area contributed by atoms with E-state index in [1.807, 2.05) is 18.2 Å². The molecule has 1 atom stereocenters. The van der Waals surface area contributed by atoms with Crippen LogP contribution >= 0.6 is 24.8 Å². The third kappa shape index (κ3) is 3.85. The van der Waals surface area contributed by atoms with E-state index in [1.165, 1.54) is 19.3 Å². The van der Waals surface area contributed by atoms with E-state index in [2.05, 4.69) is 20.6 Å². The number of carbonyl (C=O) groups excluding carboxylic acids is 1. The molecule has 4 rings (SSSR count). The van der Waals surface area contributed by atoms with Crippen LogP contribution in [0.3, 0.4) is 0 Å². The minimum absolute atomic E-state index is 0. The zero-order valence-electron chi connectivity index (χ0n) is 13.5. The van der Waals surface area contributed by atoms with E-state index in [4.69, 9.17) is 0 Å². The molecule has 1 saturated carbocycles. The zero-order chi connectivity index (χ0) is 14.9. The highest BCUT2D eigenvalue weighted by Crippen LogP contribution is 2.35. The normalized spacial score (nSPS) is 20.6. The van der Waals surface area contributed by atoms with E-state index in [1.54, 1.807) is 0 Å². The Hall–Kier alpha value is -1.30. The Morgan fingerprint density at radius 2 is 2.00 bits per heavy atom. The lowest BCUT2D eigenvalue weighted by Gasteiger charge is -2.22. The number of rotatable bonds is 3. The lowest BCUT2D eigenvalue weighted by molar-refractivity contribution is -0.120. The van der Waals surface area contributed by atoms with E-state index in [-0.39, 0.29) is 36.6 Å². The standard InChI is InChI=1S/C17H22N4O.2ClH/c22-17(12-5-2-8-18-10-12)19-13-6-7-14-15(9-13)21-16(20-14)11-3-1-4-11;;/h6-7,9,11-12,18H,1-5,8,10H2,(H,19,22)(H,20,21);2*1H. The van der Waals surface area contributed by atoms with E-state index < -0.39 is 0 Å². The van der Waals surface area contributed by atoms with Gasteiger partial charge in [-0.25, -0.2) is 4.98 Å². The van der Waals surface area contributed by atoms with Gasteiger partial charge >= 0.3 is 0 Å². The number of aromatic amines is 1. The Labute approximate surface area is 154 Å². The summed E-state index contributed by atoms with van der Waals surface area (Å²) in [5.41, 5.74) is 2.85. The van der Waals surface area contributed by atoms with E-state index in [0.29, 0.717) is 5.92 Å². The first-order valence-electron chi connectivity index (χ1n) is 8.31. The molecule has 1 amide bonds. The number of carbonyl (C=O) groups is 1. The summed E-state index contributed by atoms with van der Waals surface area (Å²) in [5.74, 6) is 1.89. The van der Waals surface area contributed by atoms with Crippen LogP contribution in [0.4, 0.5) is 5.69 Å². The molecule has 2 aromatic rings. The number of hydrogen-bond donors (Lipinski definition) is 3. The number of nitrogens with one attached hydrogen (secondary N) is 3. The van der Waals surface area contributed by atoms with Crippen LogP contribution in [0.5, 0.6) is 0 Å². The highest BCUT2D eigenvalue weighted by atomic mass is 35.5. The number of hydrogen-bond acceptors (Lipinski definition) is 3. The van der Waals surface area contributed by atoms with Gasteiger partial charge in [-0.05, 0) is 50.4 Å². The molecule has 0 bridgehead atoms. The Morgan fingerprint density at radius 3 is 2.67 bits per heavy atom. The first kappa shape index (κ1) is 19.0. The number of H-pyrrole nitrogens is 1. The maximum absolute atomic E-state index is 12.3. The number of nitrogens with zero attached hydrogens (tertiary/aromatic N) is 1. The minimum Gasteiger partial charge on any atom is -0.342 e. The predicted octanol–water partition coefficient (Wildman–Crippen LogP) is 3.61. The molecule has 132 valence electrons. The van der Waals surface area contributed by atoms with Gasteiger partial charge in [-0.15, -0.1) is 24.8 Å².